The molecule has 0 aliphatic rings. The van der Waals surface area contributed by atoms with Gasteiger partial charge in [0.1, 0.15) is 11.9 Å². The third-order valence-electron chi connectivity index (χ3n) is 1.91. The minimum Gasteiger partial charge on any atom is -0.483 e. The molecule has 2 N–H and O–H groups in total. The molecule has 0 bridgehead atoms. The lowest BCUT2D eigenvalue weighted by Crippen LogP contribution is -2.02. The van der Waals surface area contributed by atoms with Crippen molar-refractivity contribution in [2.75, 3.05) is 5.73 Å². The van der Waals surface area contributed by atoms with Gasteiger partial charge in [-0.15, -0.1) is 10.2 Å². The lowest BCUT2D eigenvalue weighted by atomic mass is 10.3. The zero-order valence-corrected chi connectivity index (χ0v) is 10.1. The quantitative estimate of drug-likeness (QED) is 0.916. The Kier molecular flexibility index (Phi) is 3.26. The number of anilines is 1. The summed E-state index contributed by atoms with van der Waals surface area (Å²) >= 11 is 7.17. The van der Waals surface area contributed by atoms with Crippen LogP contribution >= 0.6 is 22.9 Å². The number of halogens is 1. The third kappa shape index (κ3) is 2.62. The Labute approximate surface area is 102 Å². The third-order valence-corrected chi connectivity index (χ3v) is 3.06. The van der Waals surface area contributed by atoms with E-state index in [0.29, 0.717) is 15.9 Å². The molecular formula is C10H10ClN3OS. The first kappa shape index (κ1) is 11.2. The molecule has 84 valence electrons. The lowest BCUT2D eigenvalue weighted by molar-refractivity contribution is 0.225. The van der Waals surface area contributed by atoms with Crippen molar-refractivity contribution in [1.82, 2.24) is 10.2 Å². The number of nitrogens with two attached hydrogens (primary N) is 1. The van der Waals surface area contributed by atoms with Gasteiger partial charge in [-0.05, 0) is 25.1 Å². The number of nitrogen functional groups attached to an aromatic ring is 1. The summed E-state index contributed by atoms with van der Waals surface area (Å²) in [5, 5.41) is 9.49. The zero-order chi connectivity index (χ0) is 11.5. The van der Waals surface area contributed by atoms with Crippen LogP contribution in [0.5, 0.6) is 5.75 Å². The molecule has 1 unspecified atom stereocenters. The van der Waals surface area contributed by atoms with Crippen molar-refractivity contribution in [2.45, 2.75) is 13.0 Å². The van der Waals surface area contributed by atoms with Crippen molar-refractivity contribution < 1.29 is 4.74 Å². The maximum atomic E-state index is 5.85. The molecule has 1 aromatic heterocycles. The van der Waals surface area contributed by atoms with Crippen molar-refractivity contribution in [2.24, 2.45) is 0 Å². The van der Waals surface area contributed by atoms with Crippen molar-refractivity contribution >= 4 is 28.1 Å². The van der Waals surface area contributed by atoms with Crippen LogP contribution in [0.3, 0.4) is 0 Å². The lowest BCUT2D eigenvalue weighted by Gasteiger charge is -2.11. The average Bonchev–Trinajstić information content (AvgIpc) is 2.65. The van der Waals surface area contributed by atoms with E-state index >= 15 is 0 Å². The molecule has 0 spiro atoms. The van der Waals surface area contributed by atoms with Gasteiger partial charge in [0, 0.05) is 5.02 Å². The van der Waals surface area contributed by atoms with E-state index in [1.54, 1.807) is 12.1 Å². The van der Waals surface area contributed by atoms with Gasteiger partial charge in [-0.2, -0.15) is 0 Å². The molecule has 6 heteroatoms. The monoisotopic (exact) mass is 255 g/mol. The second-order valence-corrected chi connectivity index (χ2v) is 4.67. The fourth-order valence-corrected chi connectivity index (χ4v) is 1.98. The summed E-state index contributed by atoms with van der Waals surface area (Å²) in [5.74, 6) is 0.703. The van der Waals surface area contributed by atoms with Gasteiger partial charge in [0.05, 0.1) is 0 Å². The van der Waals surface area contributed by atoms with E-state index < -0.39 is 0 Å². The number of rotatable bonds is 3. The predicted molar refractivity (Wildman–Crippen MR) is 64.8 cm³/mol. The summed E-state index contributed by atoms with van der Waals surface area (Å²) in [6, 6.07) is 7.22. The van der Waals surface area contributed by atoms with Gasteiger partial charge >= 0.3 is 0 Å². The molecular weight excluding hydrogens is 246 g/mol. The van der Waals surface area contributed by atoms with E-state index in [9.17, 15) is 0 Å². The minimum atomic E-state index is -0.187. The highest BCUT2D eigenvalue weighted by atomic mass is 35.5. The largest absolute Gasteiger partial charge is 0.483 e. The number of aromatic nitrogens is 2. The minimum absolute atomic E-state index is 0.187. The maximum absolute atomic E-state index is 5.85. The molecule has 2 rings (SSSR count). The maximum Gasteiger partial charge on any atom is 0.203 e. The number of ether oxygens (including phenoxy) is 1. The van der Waals surface area contributed by atoms with E-state index in [0.717, 1.165) is 5.01 Å². The summed E-state index contributed by atoms with van der Waals surface area (Å²) in [4.78, 5) is 0. The summed E-state index contributed by atoms with van der Waals surface area (Å²) in [6.07, 6.45) is -0.187. The Balaban J connectivity index is 2.10. The van der Waals surface area contributed by atoms with Crippen LogP contribution in [0.1, 0.15) is 18.0 Å². The smallest absolute Gasteiger partial charge is 0.203 e. The van der Waals surface area contributed by atoms with Crippen molar-refractivity contribution in [3.05, 3.63) is 34.3 Å². The normalized spacial score (nSPS) is 12.4. The zero-order valence-electron chi connectivity index (χ0n) is 8.55. The molecule has 1 atom stereocenters. The Morgan fingerprint density at radius 2 is 2.25 bits per heavy atom. The van der Waals surface area contributed by atoms with Crippen molar-refractivity contribution in [3.8, 4) is 5.75 Å². The van der Waals surface area contributed by atoms with E-state index in [-0.39, 0.29) is 6.10 Å². The Morgan fingerprint density at radius 1 is 1.44 bits per heavy atom. The number of hydrogen-bond acceptors (Lipinski definition) is 5. The Bertz CT molecular complexity index is 488. The molecule has 0 aliphatic heterocycles. The highest BCUT2D eigenvalue weighted by molar-refractivity contribution is 7.15. The molecule has 1 aromatic carbocycles. The predicted octanol–water partition coefficient (Wildman–Crippen LogP) is 2.91. The second kappa shape index (κ2) is 4.67. The molecule has 0 aliphatic carbocycles. The van der Waals surface area contributed by atoms with Gasteiger partial charge in [0.25, 0.3) is 0 Å². The van der Waals surface area contributed by atoms with Crippen LogP contribution in [-0.2, 0) is 0 Å². The van der Waals surface area contributed by atoms with Gasteiger partial charge in [-0.25, -0.2) is 0 Å². The van der Waals surface area contributed by atoms with Crippen LogP contribution in [0.4, 0.5) is 5.13 Å². The van der Waals surface area contributed by atoms with E-state index in [1.807, 2.05) is 19.1 Å². The summed E-state index contributed by atoms with van der Waals surface area (Å²) in [5.41, 5.74) is 5.50. The molecule has 4 nitrogen and oxygen atoms in total. The molecule has 0 saturated carbocycles. The van der Waals surface area contributed by atoms with Crippen LogP contribution < -0.4 is 10.5 Å². The van der Waals surface area contributed by atoms with Gasteiger partial charge in [0.2, 0.25) is 5.13 Å². The Morgan fingerprint density at radius 3 is 2.88 bits per heavy atom. The standard InChI is InChI=1S/C10H10ClN3OS/c1-6(9-13-14-10(12)16-9)15-8-4-2-3-7(11)5-8/h2-6H,1H3,(H2,12,14). The average molecular weight is 256 g/mol. The summed E-state index contributed by atoms with van der Waals surface area (Å²) in [7, 11) is 0. The molecule has 0 fully saturated rings. The summed E-state index contributed by atoms with van der Waals surface area (Å²) < 4.78 is 5.66. The Hall–Kier alpha value is -1.33. The molecule has 16 heavy (non-hydrogen) atoms. The highest BCUT2D eigenvalue weighted by Gasteiger charge is 2.12. The second-order valence-electron chi connectivity index (χ2n) is 3.20. The first-order valence-corrected chi connectivity index (χ1v) is 5.85. The van der Waals surface area contributed by atoms with Crippen LogP contribution in [-0.4, -0.2) is 10.2 Å². The number of hydrogen-bond donors (Lipinski definition) is 1. The van der Waals surface area contributed by atoms with Crippen LogP contribution in [0.25, 0.3) is 0 Å². The molecule has 2 aromatic rings. The van der Waals surface area contributed by atoms with E-state index in [4.69, 9.17) is 22.1 Å². The fraction of sp³-hybridized carbons (Fsp3) is 0.200. The van der Waals surface area contributed by atoms with Crippen LogP contribution in [0.15, 0.2) is 24.3 Å². The number of nitrogens with zero attached hydrogens (tertiary/aromatic N) is 2. The van der Waals surface area contributed by atoms with E-state index in [1.165, 1.54) is 11.3 Å². The first-order chi connectivity index (χ1) is 7.65. The van der Waals surface area contributed by atoms with Crippen LogP contribution in [0, 0.1) is 0 Å². The molecule has 0 saturated heterocycles. The fourth-order valence-electron chi connectivity index (χ4n) is 1.21. The SMILES string of the molecule is CC(Oc1cccc(Cl)c1)c1nnc(N)s1. The first-order valence-electron chi connectivity index (χ1n) is 4.66. The van der Waals surface area contributed by atoms with E-state index in [2.05, 4.69) is 10.2 Å². The van der Waals surface area contributed by atoms with Gasteiger partial charge < -0.3 is 10.5 Å². The van der Waals surface area contributed by atoms with Gasteiger partial charge in [-0.3, -0.25) is 0 Å². The van der Waals surface area contributed by atoms with Gasteiger partial charge in [0.15, 0.2) is 5.01 Å². The molecule has 0 radical (unpaired) electrons. The number of benzene rings is 1. The topological polar surface area (TPSA) is 61.0 Å². The van der Waals surface area contributed by atoms with Crippen molar-refractivity contribution in [3.63, 3.8) is 0 Å². The molecule has 1 heterocycles. The van der Waals surface area contributed by atoms with Crippen molar-refractivity contribution in [1.29, 1.82) is 0 Å². The van der Waals surface area contributed by atoms with Gasteiger partial charge in [-0.1, -0.05) is 29.0 Å². The molecule has 0 amide bonds. The highest BCUT2D eigenvalue weighted by Crippen LogP contribution is 2.26. The van der Waals surface area contributed by atoms with Crippen LogP contribution in [0.2, 0.25) is 5.02 Å². The summed E-state index contributed by atoms with van der Waals surface area (Å²) in [6.45, 7) is 1.89.